The van der Waals surface area contributed by atoms with Crippen molar-refractivity contribution in [1.82, 2.24) is 20.0 Å². The number of benzene rings is 1. The van der Waals surface area contributed by atoms with E-state index in [-0.39, 0.29) is 18.1 Å². The minimum absolute atomic E-state index is 0.136. The number of ether oxygens (including phenoxy) is 1. The van der Waals surface area contributed by atoms with Crippen LogP contribution in [0.1, 0.15) is 31.4 Å². The molecule has 0 saturated carbocycles. The lowest BCUT2D eigenvalue weighted by atomic mass is 9.90. The molecule has 150 valence electrons. The molecule has 1 N–H and O–H groups in total. The summed E-state index contributed by atoms with van der Waals surface area (Å²) in [6.07, 6.45) is 6.42. The van der Waals surface area contributed by atoms with E-state index in [0.29, 0.717) is 6.54 Å². The Morgan fingerprint density at radius 3 is 2.46 bits per heavy atom. The molecule has 6 nitrogen and oxygen atoms in total. The Bertz CT molecular complexity index is 770. The lowest BCUT2D eigenvalue weighted by molar-refractivity contribution is -0.144. The average molecular weight is 383 g/mol. The van der Waals surface area contributed by atoms with E-state index in [9.17, 15) is 4.79 Å². The van der Waals surface area contributed by atoms with Crippen LogP contribution in [0.2, 0.25) is 0 Å². The minimum Gasteiger partial charge on any atom is -0.373 e. The van der Waals surface area contributed by atoms with Gasteiger partial charge in [-0.2, -0.15) is 5.10 Å². The second-order valence-corrected chi connectivity index (χ2v) is 8.19. The van der Waals surface area contributed by atoms with Gasteiger partial charge in [0.2, 0.25) is 5.91 Å². The van der Waals surface area contributed by atoms with Crippen molar-refractivity contribution in [1.29, 1.82) is 0 Å². The molecule has 1 aromatic heterocycles. The third-order valence-corrected chi connectivity index (χ3v) is 5.94. The van der Waals surface area contributed by atoms with Crippen LogP contribution in [0, 0.1) is 0 Å². The van der Waals surface area contributed by atoms with Crippen molar-refractivity contribution < 1.29 is 9.53 Å². The monoisotopic (exact) mass is 382 g/mol. The number of rotatable bonds is 6. The number of nitrogens with one attached hydrogen (secondary N) is 1. The summed E-state index contributed by atoms with van der Waals surface area (Å²) >= 11 is 0. The SMILES string of the molecule is C[C@@H]1CN(C2(C(=O)NCCCn3cccn3)Cc3ccccc3C2)C[C@H](C)O1. The maximum absolute atomic E-state index is 13.5. The number of nitrogens with zero attached hydrogens (tertiary/aromatic N) is 3. The van der Waals surface area contributed by atoms with Crippen LogP contribution in [0.4, 0.5) is 0 Å². The Morgan fingerprint density at radius 1 is 1.18 bits per heavy atom. The van der Waals surface area contributed by atoms with Crippen molar-refractivity contribution in [3.63, 3.8) is 0 Å². The second kappa shape index (κ2) is 8.05. The van der Waals surface area contributed by atoms with Crippen LogP contribution >= 0.6 is 0 Å². The lowest BCUT2D eigenvalue weighted by Crippen LogP contribution is -2.64. The molecular weight excluding hydrogens is 352 g/mol. The largest absolute Gasteiger partial charge is 0.373 e. The molecule has 28 heavy (non-hydrogen) atoms. The summed E-state index contributed by atoms with van der Waals surface area (Å²) in [5.74, 6) is 0.144. The first-order chi connectivity index (χ1) is 13.6. The Balaban J connectivity index is 1.48. The summed E-state index contributed by atoms with van der Waals surface area (Å²) in [6, 6.07) is 10.4. The summed E-state index contributed by atoms with van der Waals surface area (Å²) in [7, 11) is 0. The molecule has 2 atom stereocenters. The van der Waals surface area contributed by atoms with Gasteiger partial charge in [0.1, 0.15) is 5.54 Å². The van der Waals surface area contributed by atoms with Crippen molar-refractivity contribution in [3.8, 4) is 0 Å². The Morgan fingerprint density at radius 2 is 1.86 bits per heavy atom. The summed E-state index contributed by atoms with van der Waals surface area (Å²) in [5, 5.41) is 7.45. The molecule has 2 aliphatic rings. The van der Waals surface area contributed by atoms with Gasteiger partial charge in [-0.1, -0.05) is 24.3 Å². The molecule has 0 bridgehead atoms. The highest BCUT2D eigenvalue weighted by molar-refractivity contribution is 5.88. The van der Waals surface area contributed by atoms with Crippen LogP contribution in [0.3, 0.4) is 0 Å². The molecule has 1 aromatic carbocycles. The highest BCUT2D eigenvalue weighted by Crippen LogP contribution is 2.36. The fourth-order valence-electron chi connectivity index (χ4n) is 4.69. The predicted octanol–water partition coefficient (Wildman–Crippen LogP) is 2.04. The third-order valence-electron chi connectivity index (χ3n) is 5.94. The van der Waals surface area contributed by atoms with E-state index < -0.39 is 5.54 Å². The summed E-state index contributed by atoms with van der Waals surface area (Å²) in [5.41, 5.74) is 2.07. The van der Waals surface area contributed by atoms with Gasteiger partial charge in [-0.15, -0.1) is 0 Å². The molecule has 0 spiro atoms. The number of carbonyl (C=O) groups excluding carboxylic acids is 1. The maximum Gasteiger partial charge on any atom is 0.241 e. The standard InChI is InChI=1S/C22H30N4O2/c1-17-15-25(16-18(2)28-17)22(13-19-7-3-4-8-20(19)14-22)21(27)23-9-5-11-26-12-6-10-24-26/h3-4,6-8,10,12,17-18H,5,9,11,13-16H2,1-2H3,(H,23,27)/t17-,18+. The van der Waals surface area contributed by atoms with Crippen LogP contribution in [0.15, 0.2) is 42.7 Å². The summed E-state index contributed by atoms with van der Waals surface area (Å²) in [4.78, 5) is 15.9. The van der Waals surface area contributed by atoms with Crippen molar-refractivity contribution >= 4 is 5.91 Å². The zero-order chi connectivity index (χ0) is 19.6. The van der Waals surface area contributed by atoms with Crippen LogP contribution in [-0.2, 0) is 28.9 Å². The van der Waals surface area contributed by atoms with E-state index in [2.05, 4.69) is 53.4 Å². The van der Waals surface area contributed by atoms with Crippen LogP contribution in [0.5, 0.6) is 0 Å². The molecule has 2 heterocycles. The topological polar surface area (TPSA) is 59.4 Å². The molecule has 2 aromatic rings. The lowest BCUT2D eigenvalue weighted by Gasteiger charge is -2.45. The summed E-state index contributed by atoms with van der Waals surface area (Å²) in [6.45, 7) is 7.25. The molecule has 0 radical (unpaired) electrons. The van der Waals surface area contributed by atoms with Crippen molar-refractivity contribution in [2.24, 2.45) is 0 Å². The quantitative estimate of drug-likeness (QED) is 0.777. The fourth-order valence-corrected chi connectivity index (χ4v) is 4.69. The number of hydrogen-bond donors (Lipinski definition) is 1. The molecule has 1 aliphatic carbocycles. The number of amides is 1. The van der Waals surface area contributed by atoms with E-state index in [1.807, 2.05) is 16.9 Å². The number of hydrogen-bond acceptors (Lipinski definition) is 4. The predicted molar refractivity (Wildman–Crippen MR) is 108 cm³/mol. The zero-order valence-electron chi connectivity index (χ0n) is 16.8. The maximum atomic E-state index is 13.5. The molecule has 0 unspecified atom stereocenters. The van der Waals surface area contributed by atoms with E-state index in [4.69, 9.17) is 4.74 Å². The number of morpholine rings is 1. The van der Waals surface area contributed by atoms with Gasteiger partial charge in [-0.05, 0) is 37.5 Å². The highest BCUT2D eigenvalue weighted by atomic mass is 16.5. The van der Waals surface area contributed by atoms with E-state index in [1.54, 1.807) is 6.20 Å². The Kier molecular flexibility index (Phi) is 5.51. The Hall–Kier alpha value is -2.18. The molecular formula is C22H30N4O2. The first kappa shape index (κ1) is 19.2. The average Bonchev–Trinajstić information content (AvgIpc) is 3.32. The summed E-state index contributed by atoms with van der Waals surface area (Å²) < 4.78 is 7.84. The van der Waals surface area contributed by atoms with E-state index in [0.717, 1.165) is 38.9 Å². The smallest absolute Gasteiger partial charge is 0.241 e. The Labute approximate surface area is 166 Å². The van der Waals surface area contributed by atoms with Gasteiger partial charge >= 0.3 is 0 Å². The van der Waals surface area contributed by atoms with Crippen molar-refractivity contribution in [2.45, 2.75) is 57.4 Å². The first-order valence-electron chi connectivity index (χ1n) is 10.3. The van der Waals surface area contributed by atoms with Gasteiger partial charge in [0.15, 0.2) is 0 Å². The van der Waals surface area contributed by atoms with E-state index >= 15 is 0 Å². The van der Waals surface area contributed by atoms with Crippen LogP contribution in [0.25, 0.3) is 0 Å². The third kappa shape index (κ3) is 3.84. The van der Waals surface area contributed by atoms with Gasteiger partial charge in [-0.25, -0.2) is 0 Å². The highest BCUT2D eigenvalue weighted by Gasteiger charge is 2.49. The van der Waals surface area contributed by atoms with Gasteiger partial charge in [0, 0.05) is 51.4 Å². The van der Waals surface area contributed by atoms with Gasteiger partial charge in [0.25, 0.3) is 0 Å². The fraction of sp³-hybridized carbons (Fsp3) is 0.545. The number of fused-ring (bicyclic) bond motifs is 1. The van der Waals surface area contributed by atoms with Gasteiger partial charge in [0.05, 0.1) is 12.2 Å². The van der Waals surface area contributed by atoms with Gasteiger partial charge in [-0.3, -0.25) is 14.4 Å². The molecule has 6 heteroatoms. The number of aromatic nitrogens is 2. The van der Waals surface area contributed by atoms with Crippen LogP contribution < -0.4 is 5.32 Å². The van der Waals surface area contributed by atoms with Crippen molar-refractivity contribution in [3.05, 3.63) is 53.9 Å². The second-order valence-electron chi connectivity index (χ2n) is 8.19. The van der Waals surface area contributed by atoms with Crippen LogP contribution in [-0.4, -0.2) is 58.0 Å². The molecule has 1 fully saturated rings. The molecule has 1 amide bonds. The molecule has 1 aliphatic heterocycles. The normalized spacial score (nSPS) is 24.1. The first-order valence-corrected chi connectivity index (χ1v) is 10.3. The minimum atomic E-state index is -0.512. The van der Waals surface area contributed by atoms with Gasteiger partial charge < -0.3 is 10.1 Å². The molecule has 1 saturated heterocycles. The number of aryl methyl sites for hydroxylation is 1. The van der Waals surface area contributed by atoms with Crippen molar-refractivity contribution in [2.75, 3.05) is 19.6 Å². The number of carbonyl (C=O) groups is 1. The van der Waals surface area contributed by atoms with E-state index in [1.165, 1.54) is 11.1 Å². The molecule has 4 rings (SSSR count). The zero-order valence-corrected chi connectivity index (χ0v) is 16.8.